The number of benzene rings is 3. The Bertz CT molecular complexity index is 1360. The Balaban J connectivity index is 1.41. The predicted octanol–water partition coefficient (Wildman–Crippen LogP) is 6.27. The molecule has 1 unspecified atom stereocenters. The van der Waals surface area contributed by atoms with E-state index in [4.69, 9.17) is 4.98 Å². The fourth-order valence-electron chi connectivity index (χ4n) is 4.71. The number of fused-ring (bicyclic) bond motifs is 1. The number of aryl methyl sites for hydroxylation is 2. The molecule has 0 bridgehead atoms. The van der Waals surface area contributed by atoms with Crippen molar-refractivity contribution in [3.8, 4) is 11.3 Å². The highest BCUT2D eigenvalue weighted by atomic mass is 19.1. The second-order valence-corrected chi connectivity index (χ2v) is 9.73. The van der Waals surface area contributed by atoms with Crippen LogP contribution in [0.2, 0.25) is 0 Å². The lowest BCUT2D eigenvalue weighted by atomic mass is 9.99. The van der Waals surface area contributed by atoms with Crippen LogP contribution in [0, 0.1) is 25.6 Å². The van der Waals surface area contributed by atoms with Gasteiger partial charge < -0.3 is 14.8 Å². The van der Waals surface area contributed by atoms with Gasteiger partial charge in [-0.1, -0.05) is 54.4 Å². The van der Waals surface area contributed by atoms with Gasteiger partial charge in [0.25, 0.3) is 0 Å². The van der Waals surface area contributed by atoms with Crippen molar-refractivity contribution in [2.75, 3.05) is 11.9 Å². The Morgan fingerprint density at radius 3 is 2.25 bits per heavy atom. The summed E-state index contributed by atoms with van der Waals surface area (Å²) in [6.45, 7) is 7.82. The van der Waals surface area contributed by atoms with E-state index in [0.29, 0.717) is 26.1 Å². The van der Waals surface area contributed by atoms with Crippen LogP contribution in [0.1, 0.15) is 29.4 Å². The number of amides is 1. The van der Waals surface area contributed by atoms with E-state index < -0.39 is 0 Å². The molecule has 184 valence electrons. The number of nitrogens with zero attached hydrogens (tertiary/aromatic N) is 3. The van der Waals surface area contributed by atoms with Crippen LogP contribution in [-0.4, -0.2) is 26.9 Å². The van der Waals surface area contributed by atoms with Gasteiger partial charge in [0.1, 0.15) is 23.2 Å². The smallest absolute Gasteiger partial charge is 0.226 e. The molecule has 2 heterocycles. The van der Waals surface area contributed by atoms with Crippen molar-refractivity contribution in [3.05, 3.63) is 101 Å². The van der Waals surface area contributed by atoms with E-state index in [2.05, 4.69) is 60.1 Å². The molecule has 6 heteroatoms. The molecule has 0 saturated carbocycles. The highest BCUT2D eigenvalue weighted by Crippen LogP contribution is 2.33. The Morgan fingerprint density at radius 2 is 1.58 bits per heavy atom. The van der Waals surface area contributed by atoms with Gasteiger partial charge in [-0.05, 0) is 62.2 Å². The highest BCUT2D eigenvalue weighted by Gasteiger charge is 2.29. The Morgan fingerprint density at radius 1 is 0.944 bits per heavy atom. The molecule has 5 rings (SSSR count). The third kappa shape index (κ3) is 5.03. The molecule has 0 radical (unpaired) electrons. The van der Waals surface area contributed by atoms with Crippen LogP contribution in [0.15, 0.2) is 72.8 Å². The molecule has 1 amide bonds. The normalized spacial score (nSPS) is 13.8. The van der Waals surface area contributed by atoms with Crippen LogP contribution in [0.4, 0.5) is 15.9 Å². The number of halogens is 1. The molecule has 0 spiro atoms. The first-order chi connectivity index (χ1) is 17.4. The van der Waals surface area contributed by atoms with Gasteiger partial charge in [0.2, 0.25) is 5.91 Å². The fraction of sp³-hybridized carbons (Fsp3) is 0.267. The fourth-order valence-corrected chi connectivity index (χ4v) is 4.71. The van der Waals surface area contributed by atoms with Crippen LogP contribution in [-0.2, 0) is 24.3 Å². The second-order valence-electron chi connectivity index (χ2n) is 9.73. The van der Waals surface area contributed by atoms with Gasteiger partial charge in [-0.15, -0.1) is 0 Å². The minimum absolute atomic E-state index is 0.115. The third-order valence-electron chi connectivity index (χ3n) is 6.80. The lowest BCUT2D eigenvalue weighted by molar-refractivity contribution is -0.136. The first kappa shape index (κ1) is 23.8. The average molecular weight is 483 g/mol. The molecule has 1 aromatic heterocycles. The minimum atomic E-state index is -0.282. The molecule has 3 aromatic carbocycles. The largest absolute Gasteiger partial charge is 0.340 e. The molecule has 5 nitrogen and oxygen atoms in total. The standard InChI is InChI=1S/C30H31FN4O/c1-20-4-8-23(9-5-20)18-22(3)30(36)34-16-17-35-27(19-34)33-28(24-10-12-25(31)13-11-24)29(35)32-26-14-6-21(2)7-15-26/h4-15,22,32H,16-19H2,1-3H3. The molecule has 0 saturated heterocycles. The summed E-state index contributed by atoms with van der Waals surface area (Å²) in [5.41, 5.74) is 6.11. The predicted molar refractivity (Wildman–Crippen MR) is 142 cm³/mol. The first-order valence-electron chi connectivity index (χ1n) is 12.4. The SMILES string of the molecule is Cc1ccc(CC(C)C(=O)N2CCn3c(nc(-c4ccc(F)cc4)c3Nc3ccc(C)cc3)C2)cc1. The number of carbonyl (C=O) groups is 1. The zero-order valence-electron chi connectivity index (χ0n) is 21.0. The van der Waals surface area contributed by atoms with Crippen molar-refractivity contribution in [2.45, 2.75) is 40.3 Å². The molecule has 1 N–H and O–H groups in total. The number of carbonyl (C=O) groups excluding carboxylic acids is 1. The maximum atomic E-state index is 13.6. The second kappa shape index (κ2) is 9.97. The summed E-state index contributed by atoms with van der Waals surface area (Å²) in [6, 6.07) is 23.0. The average Bonchev–Trinajstić information content (AvgIpc) is 3.24. The molecular formula is C30H31FN4O. The van der Waals surface area contributed by atoms with Crippen molar-refractivity contribution < 1.29 is 9.18 Å². The number of hydrogen-bond donors (Lipinski definition) is 1. The number of hydrogen-bond acceptors (Lipinski definition) is 3. The molecule has 36 heavy (non-hydrogen) atoms. The van der Waals surface area contributed by atoms with Crippen LogP contribution in [0.5, 0.6) is 0 Å². The van der Waals surface area contributed by atoms with E-state index in [1.54, 1.807) is 12.1 Å². The van der Waals surface area contributed by atoms with E-state index >= 15 is 0 Å². The van der Waals surface area contributed by atoms with Gasteiger partial charge in [-0.25, -0.2) is 9.37 Å². The van der Waals surface area contributed by atoms with Crippen LogP contribution >= 0.6 is 0 Å². The van der Waals surface area contributed by atoms with Gasteiger partial charge in [0, 0.05) is 30.3 Å². The highest BCUT2D eigenvalue weighted by molar-refractivity contribution is 5.80. The summed E-state index contributed by atoms with van der Waals surface area (Å²) in [5, 5.41) is 3.53. The summed E-state index contributed by atoms with van der Waals surface area (Å²) in [4.78, 5) is 20.2. The van der Waals surface area contributed by atoms with E-state index in [-0.39, 0.29) is 17.6 Å². The van der Waals surface area contributed by atoms with Crippen LogP contribution < -0.4 is 5.32 Å². The minimum Gasteiger partial charge on any atom is -0.340 e. The van der Waals surface area contributed by atoms with Crippen LogP contribution in [0.3, 0.4) is 0 Å². The number of nitrogens with one attached hydrogen (secondary N) is 1. The Labute approximate surface area is 211 Å². The maximum absolute atomic E-state index is 13.6. The van der Waals surface area contributed by atoms with E-state index in [9.17, 15) is 9.18 Å². The Kier molecular flexibility index (Phi) is 6.59. The molecule has 4 aromatic rings. The lowest BCUT2D eigenvalue weighted by Crippen LogP contribution is -2.41. The van der Waals surface area contributed by atoms with Crippen molar-refractivity contribution in [1.29, 1.82) is 0 Å². The topological polar surface area (TPSA) is 50.2 Å². The first-order valence-corrected chi connectivity index (χ1v) is 12.4. The zero-order valence-corrected chi connectivity index (χ0v) is 21.0. The third-order valence-corrected chi connectivity index (χ3v) is 6.80. The number of imidazole rings is 1. The van der Waals surface area contributed by atoms with Gasteiger partial charge >= 0.3 is 0 Å². The van der Waals surface area contributed by atoms with Crippen molar-refractivity contribution >= 4 is 17.4 Å². The van der Waals surface area contributed by atoms with Gasteiger partial charge in [-0.2, -0.15) is 0 Å². The van der Waals surface area contributed by atoms with E-state index in [0.717, 1.165) is 28.6 Å². The maximum Gasteiger partial charge on any atom is 0.226 e. The molecular weight excluding hydrogens is 451 g/mol. The summed E-state index contributed by atoms with van der Waals surface area (Å²) < 4.78 is 15.8. The molecule has 1 aliphatic heterocycles. The van der Waals surface area contributed by atoms with Gasteiger partial charge in [-0.3, -0.25) is 4.79 Å². The quantitative estimate of drug-likeness (QED) is 0.352. The van der Waals surface area contributed by atoms with Crippen molar-refractivity contribution in [1.82, 2.24) is 14.5 Å². The number of anilines is 2. The van der Waals surface area contributed by atoms with E-state index in [1.807, 2.05) is 24.0 Å². The lowest BCUT2D eigenvalue weighted by Gasteiger charge is -2.30. The Hall–Kier alpha value is -3.93. The summed E-state index contributed by atoms with van der Waals surface area (Å²) in [5.74, 6) is 1.43. The summed E-state index contributed by atoms with van der Waals surface area (Å²) >= 11 is 0. The van der Waals surface area contributed by atoms with Gasteiger partial charge in [0.15, 0.2) is 0 Å². The molecule has 1 aliphatic rings. The molecule has 0 aliphatic carbocycles. The number of aromatic nitrogens is 2. The van der Waals surface area contributed by atoms with E-state index in [1.165, 1.54) is 28.8 Å². The molecule has 0 fully saturated rings. The van der Waals surface area contributed by atoms with Crippen molar-refractivity contribution in [3.63, 3.8) is 0 Å². The van der Waals surface area contributed by atoms with Gasteiger partial charge in [0.05, 0.1) is 6.54 Å². The summed E-state index contributed by atoms with van der Waals surface area (Å²) in [6.07, 6.45) is 0.713. The van der Waals surface area contributed by atoms with Crippen LogP contribution in [0.25, 0.3) is 11.3 Å². The number of rotatable bonds is 6. The molecule has 1 atom stereocenters. The summed E-state index contributed by atoms with van der Waals surface area (Å²) in [7, 11) is 0. The van der Waals surface area contributed by atoms with Crippen molar-refractivity contribution in [2.24, 2.45) is 5.92 Å². The monoisotopic (exact) mass is 482 g/mol. The zero-order chi connectivity index (χ0) is 25.2.